The van der Waals surface area contributed by atoms with Gasteiger partial charge in [-0.1, -0.05) is 54.1 Å². The van der Waals surface area contributed by atoms with Crippen molar-refractivity contribution >= 4 is 35.7 Å². The summed E-state index contributed by atoms with van der Waals surface area (Å²) >= 11 is 5.92. The lowest BCUT2D eigenvalue weighted by molar-refractivity contribution is 0.999. The quantitative estimate of drug-likeness (QED) is 0.518. The maximum Gasteiger partial charge on any atom is 0.209 e. The number of aliphatic imine (C=N–C) groups is 1. The Kier molecular flexibility index (Phi) is 6.72. The molecule has 4 nitrogen and oxygen atoms in total. The first-order valence-corrected chi connectivity index (χ1v) is 6.46. The molecule has 0 fully saturated rings. The van der Waals surface area contributed by atoms with E-state index in [1.807, 2.05) is 54.6 Å². The Hall–Kier alpha value is -2.04. The van der Waals surface area contributed by atoms with Gasteiger partial charge in [-0.15, -0.1) is 12.4 Å². The van der Waals surface area contributed by atoms with E-state index < -0.39 is 0 Å². The van der Waals surface area contributed by atoms with Crippen LogP contribution in [0.4, 0.5) is 0 Å². The van der Waals surface area contributed by atoms with E-state index in [4.69, 9.17) is 17.3 Å². The van der Waals surface area contributed by atoms with Crippen molar-refractivity contribution in [3.05, 3.63) is 70.7 Å². The summed E-state index contributed by atoms with van der Waals surface area (Å²) in [7, 11) is 1.60. The number of guanidine groups is 1. The van der Waals surface area contributed by atoms with Gasteiger partial charge in [0.05, 0.1) is 5.71 Å². The van der Waals surface area contributed by atoms with Crippen LogP contribution in [0, 0.1) is 0 Å². The molecule has 2 rings (SSSR count). The summed E-state index contributed by atoms with van der Waals surface area (Å²) in [4.78, 5) is 3.82. The molecule has 6 heteroatoms. The molecule has 0 spiro atoms. The molecule has 0 aromatic heterocycles. The maximum absolute atomic E-state index is 5.92. The molecule has 0 unspecified atom stereocenters. The molecule has 0 amide bonds. The first kappa shape index (κ1) is 17.0. The third-order valence-electron chi connectivity index (χ3n) is 2.69. The van der Waals surface area contributed by atoms with Gasteiger partial charge in [0.1, 0.15) is 0 Å². The number of nitrogens with one attached hydrogen (secondary N) is 1. The second-order valence-electron chi connectivity index (χ2n) is 4.05. The molecular weight excluding hydrogens is 307 g/mol. The van der Waals surface area contributed by atoms with Crippen LogP contribution in [0.5, 0.6) is 0 Å². The van der Waals surface area contributed by atoms with Gasteiger partial charge in [-0.25, -0.2) is 5.43 Å². The Balaban J connectivity index is 0.00000220. The van der Waals surface area contributed by atoms with Crippen molar-refractivity contribution in [2.24, 2.45) is 15.8 Å². The van der Waals surface area contributed by atoms with Crippen LogP contribution in [0.2, 0.25) is 5.02 Å². The number of benzene rings is 2. The van der Waals surface area contributed by atoms with E-state index in [0.29, 0.717) is 5.02 Å². The summed E-state index contributed by atoms with van der Waals surface area (Å²) in [5.41, 5.74) is 11.0. The van der Waals surface area contributed by atoms with Crippen molar-refractivity contribution in [3.8, 4) is 0 Å². The van der Waals surface area contributed by atoms with Crippen molar-refractivity contribution in [2.45, 2.75) is 0 Å². The van der Waals surface area contributed by atoms with Crippen molar-refractivity contribution in [1.82, 2.24) is 5.43 Å². The minimum atomic E-state index is 0. The molecule has 2 aromatic carbocycles. The Morgan fingerprint density at radius 1 is 1.00 bits per heavy atom. The van der Waals surface area contributed by atoms with Gasteiger partial charge in [-0.05, 0) is 12.1 Å². The van der Waals surface area contributed by atoms with Crippen LogP contribution in [-0.2, 0) is 0 Å². The molecule has 0 radical (unpaired) electrons. The molecule has 0 saturated carbocycles. The van der Waals surface area contributed by atoms with Gasteiger partial charge in [0.15, 0.2) is 0 Å². The van der Waals surface area contributed by atoms with Crippen LogP contribution in [0.25, 0.3) is 0 Å². The Bertz CT molecular complexity index is 622. The van der Waals surface area contributed by atoms with Gasteiger partial charge < -0.3 is 5.73 Å². The van der Waals surface area contributed by atoms with Crippen LogP contribution in [-0.4, -0.2) is 18.7 Å². The topological polar surface area (TPSA) is 62.8 Å². The van der Waals surface area contributed by atoms with Gasteiger partial charge in [0.2, 0.25) is 5.96 Å². The average molecular weight is 323 g/mol. The first-order valence-electron chi connectivity index (χ1n) is 6.08. The molecule has 0 aliphatic rings. The van der Waals surface area contributed by atoms with E-state index >= 15 is 0 Å². The molecule has 110 valence electrons. The lowest BCUT2D eigenvalue weighted by Gasteiger charge is -2.08. The highest BCUT2D eigenvalue weighted by Crippen LogP contribution is 2.14. The Morgan fingerprint density at radius 2 is 1.57 bits per heavy atom. The normalized spacial score (nSPS) is 11.7. The largest absolute Gasteiger partial charge is 0.369 e. The van der Waals surface area contributed by atoms with Gasteiger partial charge >= 0.3 is 0 Å². The van der Waals surface area contributed by atoms with E-state index in [1.54, 1.807) is 7.05 Å². The zero-order valence-corrected chi connectivity index (χ0v) is 13.0. The highest BCUT2D eigenvalue weighted by Gasteiger charge is 2.07. The Morgan fingerprint density at radius 3 is 2.14 bits per heavy atom. The lowest BCUT2D eigenvalue weighted by Crippen LogP contribution is -2.28. The molecule has 0 aliphatic carbocycles. The summed E-state index contributed by atoms with van der Waals surface area (Å²) in [6.07, 6.45) is 0. The van der Waals surface area contributed by atoms with E-state index in [9.17, 15) is 0 Å². The molecular formula is C15H16Cl2N4. The van der Waals surface area contributed by atoms with Crippen molar-refractivity contribution in [2.75, 3.05) is 7.05 Å². The lowest BCUT2D eigenvalue weighted by atomic mass is 10.0. The third kappa shape index (κ3) is 4.77. The summed E-state index contributed by atoms with van der Waals surface area (Å²) in [5, 5.41) is 5.02. The smallest absolute Gasteiger partial charge is 0.209 e. The molecule has 3 N–H and O–H groups in total. The fourth-order valence-corrected chi connectivity index (χ4v) is 1.79. The van der Waals surface area contributed by atoms with Gasteiger partial charge in [-0.3, -0.25) is 4.99 Å². The van der Waals surface area contributed by atoms with Crippen molar-refractivity contribution < 1.29 is 0 Å². The second kappa shape index (κ2) is 8.29. The second-order valence-corrected chi connectivity index (χ2v) is 4.49. The van der Waals surface area contributed by atoms with Crippen molar-refractivity contribution in [3.63, 3.8) is 0 Å². The number of hydrogen-bond donors (Lipinski definition) is 2. The SMILES string of the molecule is CN=C(N)NN=C(c1ccccc1)c1ccc(Cl)cc1.Cl. The highest BCUT2D eigenvalue weighted by atomic mass is 35.5. The minimum Gasteiger partial charge on any atom is -0.369 e. The van der Waals surface area contributed by atoms with Crippen LogP contribution >= 0.6 is 24.0 Å². The van der Waals surface area contributed by atoms with E-state index in [1.165, 1.54) is 0 Å². The van der Waals surface area contributed by atoms with Gasteiger partial charge in [0, 0.05) is 23.2 Å². The molecule has 2 aromatic rings. The summed E-state index contributed by atoms with van der Waals surface area (Å²) in [6.45, 7) is 0. The zero-order valence-electron chi connectivity index (χ0n) is 11.5. The number of hydrogen-bond acceptors (Lipinski definition) is 2. The fraction of sp³-hybridized carbons (Fsp3) is 0.0667. The van der Waals surface area contributed by atoms with Gasteiger partial charge in [-0.2, -0.15) is 5.10 Å². The molecule has 0 aliphatic heterocycles. The summed E-state index contributed by atoms with van der Waals surface area (Å²) in [5.74, 6) is 0.257. The molecule has 0 saturated heterocycles. The predicted octanol–water partition coefficient (Wildman–Crippen LogP) is 3.05. The van der Waals surface area contributed by atoms with Gasteiger partial charge in [0.25, 0.3) is 0 Å². The number of nitrogens with zero attached hydrogens (tertiary/aromatic N) is 2. The van der Waals surface area contributed by atoms with Crippen LogP contribution in [0.3, 0.4) is 0 Å². The molecule has 21 heavy (non-hydrogen) atoms. The van der Waals surface area contributed by atoms with E-state index in [2.05, 4.69) is 15.5 Å². The van der Waals surface area contributed by atoms with E-state index in [-0.39, 0.29) is 18.4 Å². The standard InChI is InChI=1S/C15H15ClN4.ClH/c1-18-15(17)20-19-14(11-5-3-2-4-6-11)12-7-9-13(16)10-8-12;/h2-10H,1H3,(H3,17,18,20);1H. The Labute approximate surface area is 135 Å². The summed E-state index contributed by atoms with van der Waals surface area (Å²) in [6, 6.07) is 17.3. The number of nitrogens with two attached hydrogens (primary N) is 1. The van der Waals surface area contributed by atoms with Crippen molar-refractivity contribution in [1.29, 1.82) is 0 Å². The predicted molar refractivity (Wildman–Crippen MR) is 91.5 cm³/mol. The summed E-state index contributed by atoms with van der Waals surface area (Å²) < 4.78 is 0. The van der Waals surface area contributed by atoms with Crippen LogP contribution < -0.4 is 11.2 Å². The monoisotopic (exact) mass is 322 g/mol. The minimum absolute atomic E-state index is 0. The number of halogens is 2. The van der Waals surface area contributed by atoms with E-state index in [0.717, 1.165) is 16.8 Å². The fourth-order valence-electron chi connectivity index (χ4n) is 1.66. The van der Waals surface area contributed by atoms with Crippen LogP contribution in [0.15, 0.2) is 64.7 Å². The zero-order chi connectivity index (χ0) is 14.4. The average Bonchev–Trinajstić information content (AvgIpc) is 2.50. The number of rotatable bonds is 3. The molecule has 0 heterocycles. The van der Waals surface area contributed by atoms with Crippen LogP contribution in [0.1, 0.15) is 11.1 Å². The number of hydrazone groups is 1. The molecule has 0 atom stereocenters. The molecule has 0 bridgehead atoms. The third-order valence-corrected chi connectivity index (χ3v) is 2.94. The first-order chi connectivity index (χ1) is 9.70. The highest BCUT2D eigenvalue weighted by molar-refractivity contribution is 6.30. The maximum atomic E-state index is 5.92.